The average molecular weight is 675 g/mol. The molecule has 1 aliphatic rings. The van der Waals surface area contributed by atoms with Crippen LogP contribution in [0.15, 0.2) is 71.5 Å². The summed E-state index contributed by atoms with van der Waals surface area (Å²) in [7, 11) is 1.51. The van der Waals surface area contributed by atoms with Crippen LogP contribution in [0.1, 0.15) is 57.4 Å². The number of fused-ring (bicyclic) bond motifs is 1. The van der Waals surface area contributed by atoms with Gasteiger partial charge in [-0.1, -0.05) is 35.3 Å². The third-order valence-corrected chi connectivity index (χ3v) is 8.35. The number of anilines is 1. The molecular formula is C32H28Cl2F3N5O4. The molecule has 0 spiro atoms. The molecule has 2 amide bonds. The standard InChI is InChI=1S/C32H28Cl2F3N5O4/c1-17-14-24-27(16-41(17)29(44)21-8-13-25(33)26(34)15-21)40-31(39-18(2)19-6-11-23(12-7-19)46-32(35,36)37)42(30(24)45)22-9-4-20(5-10-22)28(43)38-3/h4-13,15,17-18H,14,16H2,1-3H3,(H,38,43)(H,39,40)/t17-,18?/m1/s1. The minimum atomic E-state index is -4.82. The molecule has 0 radical (unpaired) electrons. The van der Waals surface area contributed by atoms with Crippen molar-refractivity contribution in [3.8, 4) is 11.4 Å². The van der Waals surface area contributed by atoms with E-state index in [4.69, 9.17) is 28.2 Å². The van der Waals surface area contributed by atoms with Crippen molar-refractivity contribution < 1.29 is 27.5 Å². The van der Waals surface area contributed by atoms with Gasteiger partial charge in [0.25, 0.3) is 17.4 Å². The molecule has 1 aliphatic heterocycles. The van der Waals surface area contributed by atoms with Crippen LogP contribution < -0.4 is 20.9 Å². The second-order valence-corrected chi connectivity index (χ2v) is 11.5. The lowest BCUT2D eigenvalue weighted by Gasteiger charge is -2.35. The molecule has 240 valence electrons. The maximum Gasteiger partial charge on any atom is 0.573 e. The zero-order valence-electron chi connectivity index (χ0n) is 24.8. The molecule has 2 N–H and O–H groups in total. The summed E-state index contributed by atoms with van der Waals surface area (Å²) >= 11 is 12.2. The fourth-order valence-electron chi connectivity index (χ4n) is 5.20. The molecule has 2 heterocycles. The van der Waals surface area contributed by atoms with Gasteiger partial charge in [-0.2, -0.15) is 0 Å². The summed E-state index contributed by atoms with van der Waals surface area (Å²) in [5.74, 6) is -0.843. The second kappa shape index (κ2) is 13.1. The van der Waals surface area contributed by atoms with Crippen LogP contribution in [0.4, 0.5) is 19.1 Å². The van der Waals surface area contributed by atoms with Crippen molar-refractivity contribution in [2.24, 2.45) is 0 Å². The zero-order chi connectivity index (χ0) is 33.3. The van der Waals surface area contributed by atoms with Crippen molar-refractivity contribution in [3.05, 3.63) is 115 Å². The Morgan fingerprint density at radius 1 is 1.00 bits per heavy atom. The fourth-order valence-corrected chi connectivity index (χ4v) is 5.50. The van der Waals surface area contributed by atoms with E-state index in [0.717, 1.165) is 0 Å². The van der Waals surface area contributed by atoms with E-state index in [9.17, 15) is 27.6 Å². The van der Waals surface area contributed by atoms with Crippen LogP contribution in [0.5, 0.6) is 5.75 Å². The van der Waals surface area contributed by atoms with Gasteiger partial charge in [0.1, 0.15) is 5.75 Å². The fraction of sp³-hybridized carbons (Fsp3) is 0.250. The normalized spacial score (nSPS) is 15.1. The highest BCUT2D eigenvalue weighted by Crippen LogP contribution is 2.29. The molecule has 1 unspecified atom stereocenters. The first kappa shape index (κ1) is 32.8. The monoisotopic (exact) mass is 673 g/mol. The summed E-state index contributed by atoms with van der Waals surface area (Å²) in [4.78, 5) is 46.2. The molecule has 0 fully saturated rings. The number of hydrogen-bond acceptors (Lipinski definition) is 6. The first-order valence-electron chi connectivity index (χ1n) is 14.1. The van der Waals surface area contributed by atoms with E-state index in [1.807, 2.05) is 6.92 Å². The van der Waals surface area contributed by atoms with Crippen LogP contribution in [-0.2, 0) is 13.0 Å². The first-order chi connectivity index (χ1) is 21.8. The van der Waals surface area contributed by atoms with Gasteiger partial charge >= 0.3 is 6.36 Å². The minimum Gasteiger partial charge on any atom is -0.406 e. The number of alkyl halides is 3. The largest absolute Gasteiger partial charge is 0.573 e. The Morgan fingerprint density at radius 2 is 1.65 bits per heavy atom. The molecule has 0 saturated carbocycles. The summed E-state index contributed by atoms with van der Waals surface area (Å²) < 4.78 is 43.3. The predicted molar refractivity (Wildman–Crippen MR) is 168 cm³/mol. The molecule has 14 heteroatoms. The van der Waals surface area contributed by atoms with Crippen LogP contribution in [0.3, 0.4) is 0 Å². The third-order valence-electron chi connectivity index (χ3n) is 7.62. The third kappa shape index (κ3) is 6.97. The van der Waals surface area contributed by atoms with Crippen molar-refractivity contribution in [1.82, 2.24) is 19.8 Å². The number of hydrogen-bond donors (Lipinski definition) is 2. The van der Waals surface area contributed by atoms with Crippen LogP contribution in [0, 0.1) is 0 Å². The lowest BCUT2D eigenvalue weighted by Crippen LogP contribution is -2.46. The van der Waals surface area contributed by atoms with Crippen LogP contribution in [0.2, 0.25) is 10.0 Å². The van der Waals surface area contributed by atoms with E-state index in [0.29, 0.717) is 38.7 Å². The van der Waals surface area contributed by atoms with Gasteiger partial charge in [-0.15, -0.1) is 13.2 Å². The summed E-state index contributed by atoms with van der Waals surface area (Å²) in [6.45, 7) is 3.63. The maximum absolute atomic E-state index is 14.1. The number of benzene rings is 3. The Balaban J connectivity index is 1.54. The van der Waals surface area contributed by atoms with Gasteiger partial charge in [0.2, 0.25) is 5.95 Å². The van der Waals surface area contributed by atoms with Gasteiger partial charge in [-0.25, -0.2) is 9.55 Å². The topological polar surface area (TPSA) is 106 Å². The number of amides is 2. The summed E-state index contributed by atoms with van der Waals surface area (Å²) in [6, 6.07) is 15.4. The van der Waals surface area contributed by atoms with Crippen molar-refractivity contribution in [2.45, 2.75) is 45.3 Å². The van der Waals surface area contributed by atoms with Crippen LogP contribution >= 0.6 is 23.2 Å². The highest BCUT2D eigenvalue weighted by Gasteiger charge is 2.33. The maximum atomic E-state index is 14.1. The van der Waals surface area contributed by atoms with E-state index in [2.05, 4.69) is 15.4 Å². The Kier molecular flexibility index (Phi) is 9.32. The second-order valence-electron chi connectivity index (χ2n) is 10.7. The highest BCUT2D eigenvalue weighted by atomic mass is 35.5. The van der Waals surface area contributed by atoms with Crippen molar-refractivity contribution in [2.75, 3.05) is 12.4 Å². The van der Waals surface area contributed by atoms with E-state index in [-0.39, 0.29) is 53.1 Å². The molecule has 4 aromatic rings. The van der Waals surface area contributed by atoms with Crippen LogP contribution in [0.25, 0.3) is 5.69 Å². The molecule has 0 saturated heterocycles. The summed E-state index contributed by atoms with van der Waals surface area (Å²) in [5.41, 5.74) is 2.19. The molecule has 46 heavy (non-hydrogen) atoms. The number of halogens is 5. The number of ether oxygens (including phenoxy) is 1. The molecule has 9 nitrogen and oxygen atoms in total. The summed E-state index contributed by atoms with van der Waals surface area (Å²) in [6.07, 6.45) is -4.60. The Bertz CT molecular complexity index is 1850. The molecule has 2 atom stereocenters. The van der Waals surface area contributed by atoms with E-state index < -0.39 is 12.4 Å². The highest BCUT2D eigenvalue weighted by molar-refractivity contribution is 6.42. The van der Waals surface area contributed by atoms with Crippen LogP contribution in [-0.4, -0.2) is 45.7 Å². The Morgan fingerprint density at radius 3 is 2.26 bits per heavy atom. The Labute approximate surface area is 271 Å². The van der Waals surface area contributed by atoms with Gasteiger partial charge in [-0.3, -0.25) is 14.4 Å². The van der Waals surface area contributed by atoms with E-state index in [1.54, 1.807) is 42.2 Å². The zero-order valence-corrected chi connectivity index (χ0v) is 26.3. The SMILES string of the molecule is CNC(=O)c1ccc(-n2c(NC(C)c3ccc(OC(F)(F)F)cc3)nc3c(c2=O)C[C@@H](C)N(C(=O)c2ccc(Cl)c(Cl)c2)C3)cc1. The molecule has 1 aromatic heterocycles. The van der Waals surface area contributed by atoms with Crippen molar-refractivity contribution in [1.29, 1.82) is 0 Å². The molecule has 0 aliphatic carbocycles. The van der Waals surface area contributed by atoms with Gasteiger partial charge in [-0.05, 0) is 80.4 Å². The minimum absolute atomic E-state index is 0.0355. The summed E-state index contributed by atoms with van der Waals surface area (Å²) in [5, 5.41) is 6.31. The number of rotatable bonds is 7. The molecule has 5 rings (SSSR count). The van der Waals surface area contributed by atoms with E-state index in [1.165, 1.54) is 48.0 Å². The number of carbonyl (C=O) groups excluding carboxylic acids is 2. The average Bonchev–Trinajstić information content (AvgIpc) is 3.01. The quantitative estimate of drug-likeness (QED) is 0.230. The number of nitrogens with one attached hydrogen (secondary N) is 2. The lowest BCUT2D eigenvalue weighted by molar-refractivity contribution is -0.274. The number of carbonyl (C=O) groups is 2. The number of aromatic nitrogens is 2. The van der Waals surface area contributed by atoms with Gasteiger partial charge in [0, 0.05) is 29.8 Å². The Hall–Kier alpha value is -4.55. The molecule has 3 aromatic carbocycles. The van der Waals surface area contributed by atoms with Crippen molar-refractivity contribution >= 4 is 41.0 Å². The molecular weight excluding hydrogens is 646 g/mol. The smallest absolute Gasteiger partial charge is 0.406 e. The van der Waals surface area contributed by atoms with Crippen molar-refractivity contribution in [3.63, 3.8) is 0 Å². The lowest BCUT2D eigenvalue weighted by atomic mass is 9.98. The molecule has 0 bridgehead atoms. The van der Waals surface area contributed by atoms with Gasteiger partial charge < -0.3 is 20.3 Å². The van der Waals surface area contributed by atoms with E-state index >= 15 is 0 Å². The van der Waals surface area contributed by atoms with Gasteiger partial charge in [0.05, 0.1) is 34.0 Å². The predicted octanol–water partition coefficient (Wildman–Crippen LogP) is 6.56. The number of nitrogens with zero attached hydrogens (tertiary/aromatic N) is 3. The first-order valence-corrected chi connectivity index (χ1v) is 14.9. The van der Waals surface area contributed by atoms with Gasteiger partial charge in [0.15, 0.2) is 0 Å².